The van der Waals surface area contributed by atoms with E-state index in [9.17, 15) is 14.9 Å². The number of carbonyl (C=O) groups is 1. The van der Waals surface area contributed by atoms with Crippen LogP contribution in [0.25, 0.3) is 0 Å². The molecular formula is C13H12N2O3S. The maximum Gasteiger partial charge on any atom is 0.301 e. The van der Waals surface area contributed by atoms with E-state index in [-0.39, 0.29) is 5.91 Å². The van der Waals surface area contributed by atoms with Gasteiger partial charge in [0.15, 0.2) is 0 Å². The van der Waals surface area contributed by atoms with Crippen molar-refractivity contribution in [2.75, 3.05) is 5.32 Å². The van der Waals surface area contributed by atoms with Gasteiger partial charge in [0.25, 0.3) is 0 Å². The molecule has 0 unspecified atom stereocenters. The van der Waals surface area contributed by atoms with Crippen molar-refractivity contribution in [3.05, 3.63) is 64.8 Å². The van der Waals surface area contributed by atoms with Crippen molar-refractivity contribution >= 4 is 24.2 Å². The molecule has 19 heavy (non-hydrogen) atoms. The topological polar surface area (TPSA) is 72.2 Å². The molecule has 1 N–H and O–H groups in total. The predicted octanol–water partition coefficient (Wildman–Crippen LogP) is 2.27. The Bertz CT molecular complexity index is 540. The first-order valence-corrected chi connectivity index (χ1v) is 6.07. The lowest BCUT2D eigenvalue weighted by Gasteiger charge is -2.18. The first kappa shape index (κ1) is 13.4. The lowest BCUT2D eigenvalue weighted by molar-refractivity contribution is -0.510. The fourth-order valence-corrected chi connectivity index (χ4v) is 1.83. The van der Waals surface area contributed by atoms with Gasteiger partial charge in [-0.1, -0.05) is 43.0 Å². The number of amides is 1. The monoisotopic (exact) mass is 276 g/mol. The lowest BCUT2D eigenvalue weighted by atomic mass is 9.99. The van der Waals surface area contributed by atoms with Crippen molar-refractivity contribution in [2.24, 2.45) is 5.92 Å². The molecule has 0 fully saturated rings. The number of nitrogens with zero attached hydrogens (tertiary/aromatic N) is 1. The van der Waals surface area contributed by atoms with E-state index in [0.717, 1.165) is 0 Å². The Balaban J connectivity index is 2.04. The van der Waals surface area contributed by atoms with Crippen LogP contribution in [0.2, 0.25) is 0 Å². The molecule has 1 aliphatic carbocycles. The molecule has 1 aromatic rings. The molecule has 0 aliphatic heterocycles. The van der Waals surface area contributed by atoms with E-state index >= 15 is 0 Å². The summed E-state index contributed by atoms with van der Waals surface area (Å²) in [6.07, 6.45) is 5.58. The van der Waals surface area contributed by atoms with E-state index in [1.54, 1.807) is 12.1 Å². The highest BCUT2D eigenvalue weighted by Crippen LogP contribution is 2.26. The molecular weight excluding hydrogens is 264 g/mol. The first-order valence-electron chi connectivity index (χ1n) is 5.63. The molecule has 98 valence electrons. The van der Waals surface area contributed by atoms with Crippen LogP contribution in [0.15, 0.2) is 54.6 Å². The Kier molecular flexibility index (Phi) is 3.71. The van der Waals surface area contributed by atoms with E-state index in [1.807, 2.05) is 18.2 Å². The standard InChI is InChI=1S/C13H12N2O3S/c16-12(14-11-4-2-1-3-5-11)10-6-8-13(19,9-7-10)15(17)18/h1-10,19H,(H,14,16). The van der Waals surface area contributed by atoms with Crippen LogP contribution in [0.4, 0.5) is 5.69 Å². The third-order valence-electron chi connectivity index (χ3n) is 2.73. The number of hydrogen-bond acceptors (Lipinski definition) is 4. The molecule has 0 saturated heterocycles. The Labute approximate surface area is 115 Å². The van der Waals surface area contributed by atoms with Gasteiger partial charge in [-0.15, -0.1) is 0 Å². The molecule has 0 saturated carbocycles. The molecule has 0 bridgehead atoms. The van der Waals surface area contributed by atoms with E-state index < -0.39 is 15.7 Å². The molecule has 2 rings (SSSR count). The highest BCUT2D eigenvalue weighted by molar-refractivity contribution is 7.82. The van der Waals surface area contributed by atoms with E-state index in [0.29, 0.717) is 5.69 Å². The van der Waals surface area contributed by atoms with Crippen molar-refractivity contribution in [1.82, 2.24) is 0 Å². The zero-order valence-electron chi connectivity index (χ0n) is 9.89. The normalized spacial score (nSPS) is 25.0. The summed E-state index contributed by atoms with van der Waals surface area (Å²) >= 11 is 3.95. The van der Waals surface area contributed by atoms with Crippen LogP contribution in [-0.4, -0.2) is 15.7 Å². The fraction of sp³-hybridized carbons (Fsp3) is 0.154. The number of anilines is 1. The number of para-hydroxylation sites is 1. The molecule has 1 aliphatic rings. The minimum atomic E-state index is -1.52. The number of thiol groups is 1. The maximum atomic E-state index is 11.9. The van der Waals surface area contributed by atoms with Crippen LogP contribution in [0.1, 0.15) is 0 Å². The number of hydrogen-bond donors (Lipinski definition) is 2. The number of nitro groups is 1. The Morgan fingerprint density at radius 3 is 2.37 bits per heavy atom. The quantitative estimate of drug-likeness (QED) is 0.292. The summed E-state index contributed by atoms with van der Waals surface area (Å²) in [5.41, 5.74) is 0.686. The Morgan fingerprint density at radius 1 is 1.26 bits per heavy atom. The van der Waals surface area contributed by atoms with Gasteiger partial charge in [-0.3, -0.25) is 14.9 Å². The van der Waals surface area contributed by atoms with Crippen LogP contribution >= 0.6 is 12.6 Å². The second-order valence-electron chi connectivity index (χ2n) is 4.14. The molecule has 0 atom stereocenters. The molecule has 5 nitrogen and oxygen atoms in total. The van der Waals surface area contributed by atoms with Crippen molar-refractivity contribution in [3.8, 4) is 0 Å². The average Bonchev–Trinajstić information content (AvgIpc) is 2.40. The Hall–Kier alpha value is -2.08. The third kappa shape index (κ3) is 3.03. The van der Waals surface area contributed by atoms with Gasteiger partial charge in [-0.25, -0.2) is 0 Å². The van der Waals surface area contributed by atoms with Gasteiger partial charge in [0, 0.05) is 22.8 Å². The third-order valence-corrected chi connectivity index (χ3v) is 3.20. The second kappa shape index (κ2) is 5.27. The van der Waals surface area contributed by atoms with Gasteiger partial charge in [-0.05, 0) is 12.1 Å². The molecule has 6 heteroatoms. The summed E-state index contributed by atoms with van der Waals surface area (Å²) in [5, 5.41) is 13.5. The summed E-state index contributed by atoms with van der Waals surface area (Å²) in [4.78, 5) is 20.7. The van der Waals surface area contributed by atoms with Crippen molar-refractivity contribution in [1.29, 1.82) is 0 Å². The molecule has 0 aromatic heterocycles. The molecule has 1 aromatic carbocycles. The van der Waals surface area contributed by atoms with Gasteiger partial charge in [-0.2, -0.15) is 0 Å². The molecule has 0 heterocycles. The molecule has 1 amide bonds. The van der Waals surface area contributed by atoms with Gasteiger partial charge in [0.1, 0.15) is 0 Å². The second-order valence-corrected chi connectivity index (χ2v) is 4.86. The van der Waals surface area contributed by atoms with E-state index in [2.05, 4.69) is 17.9 Å². The fourth-order valence-electron chi connectivity index (χ4n) is 1.65. The summed E-state index contributed by atoms with van der Waals surface area (Å²) in [6, 6.07) is 9.02. The minimum Gasteiger partial charge on any atom is -0.325 e. The van der Waals surface area contributed by atoms with Crippen LogP contribution in [0.5, 0.6) is 0 Å². The van der Waals surface area contributed by atoms with Crippen LogP contribution in [0, 0.1) is 16.0 Å². The SMILES string of the molecule is O=C(Nc1ccccc1)C1C=CC(S)([N+](=O)[O-])C=C1. The summed E-state index contributed by atoms with van der Waals surface area (Å²) in [6.45, 7) is 0. The maximum absolute atomic E-state index is 11.9. The van der Waals surface area contributed by atoms with Crippen molar-refractivity contribution < 1.29 is 9.72 Å². The van der Waals surface area contributed by atoms with Gasteiger partial charge >= 0.3 is 4.87 Å². The average molecular weight is 276 g/mol. The highest BCUT2D eigenvalue weighted by atomic mass is 32.1. The van der Waals surface area contributed by atoms with Crippen molar-refractivity contribution in [3.63, 3.8) is 0 Å². The lowest BCUT2D eigenvalue weighted by Crippen LogP contribution is -2.31. The van der Waals surface area contributed by atoms with Crippen LogP contribution in [0.3, 0.4) is 0 Å². The summed E-state index contributed by atoms with van der Waals surface area (Å²) < 4.78 is 0. The predicted molar refractivity (Wildman–Crippen MR) is 75.6 cm³/mol. The smallest absolute Gasteiger partial charge is 0.301 e. The molecule has 0 radical (unpaired) electrons. The van der Waals surface area contributed by atoms with Gasteiger partial charge in [0.2, 0.25) is 5.91 Å². The largest absolute Gasteiger partial charge is 0.325 e. The van der Waals surface area contributed by atoms with Gasteiger partial charge < -0.3 is 5.32 Å². The van der Waals surface area contributed by atoms with E-state index in [1.165, 1.54) is 24.3 Å². The van der Waals surface area contributed by atoms with Crippen LogP contribution in [-0.2, 0) is 4.79 Å². The number of nitrogens with one attached hydrogen (secondary N) is 1. The minimum absolute atomic E-state index is 0.238. The summed E-state index contributed by atoms with van der Waals surface area (Å²) in [5.74, 6) is -0.766. The Morgan fingerprint density at radius 2 is 1.84 bits per heavy atom. The number of benzene rings is 1. The van der Waals surface area contributed by atoms with E-state index in [4.69, 9.17) is 0 Å². The van der Waals surface area contributed by atoms with Crippen molar-refractivity contribution in [2.45, 2.75) is 4.87 Å². The zero-order valence-corrected chi connectivity index (χ0v) is 10.8. The first-order chi connectivity index (χ1) is 9.01. The number of rotatable bonds is 3. The molecule has 0 spiro atoms. The number of carbonyl (C=O) groups excluding carboxylic acids is 1. The van der Waals surface area contributed by atoms with Crippen LogP contribution < -0.4 is 5.32 Å². The zero-order chi connectivity index (χ0) is 13.9. The highest BCUT2D eigenvalue weighted by Gasteiger charge is 2.35. The van der Waals surface area contributed by atoms with Gasteiger partial charge in [0.05, 0.1) is 5.92 Å². The summed E-state index contributed by atoms with van der Waals surface area (Å²) in [7, 11) is 0.